The van der Waals surface area contributed by atoms with Gasteiger partial charge in [-0.3, -0.25) is 4.57 Å². The molecule has 5 atom stereocenters. The summed E-state index contributed by atoms with van der Waals surface area (Å²) in [6, 6.07) is 37.2. The molecular formula is C52H64BrN6O8PSi. The SMILES string of the molecule is COc1ccc(C(OC[C@H]2O[C@@H](n3cnc4c(OCC[Si](C)(C)C)ncnc43)[C@H](OCc3ccccc3Br)[C@@H]2OP(OCCC#N)N(C(C)C)C(C)C)(c2ccccc2)c2ccc(OC)cc2)cc1. The summed E-state index contributed by atoms with van der Waals surface area (Å²) < 4.78 is 58.5. The van der Waals surface area contributed by atoms with Crippen LogP contribution in [0.3, 0.4) is 0 Å². The number of benzene rings is 4. The Morgan fingerprint density at radius 3 is 2.03 bits per heavy atom. The van der Waals surface area contributed by atoms with Crippen molar-refractivity contribution in [2.75, 3.05) is 34.0 Å². The number of rotatable bonds is 24. The largest absolute Gasteiger partial charge is 0.497 e. The molecule has 0 amide bonds. The zero-order valence-electron chi connectivity index (χ0n) is 41.0. The first-order valence-corrected chi connectivity index (χ1v) is 28.9. The van der Waals surface area contributed by atoms with Crippen LogP contribution in [-0.4, -0.2) is 96.7 Å². The van der Waals surface area contributed by atoms with Crippen LogP contribution in [0.15, 0.2) is 120 Å². The Labute approximate surface area is 417 Å². The van der Waals surface area contributed by atoms with E-state index in [1.54, 1.807) is 20.5 Å². The number of nitriles is 1. The minimum Gasteiger partial charge on any atom is -0.497 e. The number of ether oxygens (including phenoxy) is 6. The lowest BCUT2D eigenvalue weighted by atomic mass is 9.80. The molecule has 14 nitrogen and oxygen atoms in total. The summed E-state index contributed by atoms with van der Waals surface area (Å²) in [5.74, 6) is 1.82. The number of halogens is 1. The van der Waals surface area contributed by atoms with Gasteiger partial charge in [0, 0.05) is 24.6 Å². The molecule has 0 spiro atoms. The number of methoxy groups -OCH3 is 2. The molecule has 6 aromatic rings. The Morgan fingerprint density at radius 1 is 0.812 bits per heavy atom. The summed E-state index contributed by atoms with van der Waals surface area (Å²) >= 11 is 3.75. The standard InChI is InChI=1S/C52H64BrN6O8PSi/c1-36(2)59(37(3)4)68(65-29-15-28-54)67-47-45(33-64-52(39-17-11-10-12-18-39,40-20-24-42(60-5)25-21-40)41-22-26-43(61-6)27-23-41)66-51(48(47)63-32-38-16-13-14-19-44(38)53)58-35-57-46-49(58)55-34-56-50(46)62-30-31-69(7,8)9/h10-14,16-27,34-37,45,47-48,51H,15,29-33H2,1-9H3/t45-,47-,48-,51-,68?/m1/s1. The number of nitrogens with zero attached hydrogens (tertiary/aromatic N) is 6. The first-order chi connectivity index (χ1) is 33.3. The number of aromatic nitrogens is 4. The molecule has 0 radical (unpaired) electrons. The van der Waals surface area contributed by atoms with E-state index in [4.69, 9.17) is 47.4 Å². The Balaban J connectivity index is 1.39. The zero-order valence-corrected chi connectivity index (χ0v) is 44.4. The number of imidazole rings is 1. The van der Waals surface area contributed by atoms with Crippen LogP contribution in [0.25, 0.3) is 11.2 Å². The van der Waals surface area contributed by atoms with E-state index in [9.17, 15) is 5.26 Å². The molecule has 3 heterocycles. The Morgan fingerprint density at radius 2 is 1.43 bits per heavy atom. The van der Waals surface area contributed by atoms with Crippen molar-refractivity contribution in [3.05, 3.63) is 143 Å². The second kappa shape index (κ2) is 23.9. The Hall–Kier alpha value is -4.79. The lowest BCUT2D eigenvalue weighted by molar-refractivity contribution is -0.0964. The van der Waals surface area contributed by atoms with Gasteiger partial charge in [0.15, 0.2) is 17.4 Å². The van der Waals surface area contributed by atoms with Gasteiger partial charge in [-0.1, -0.05) is 108 Å². The van der Waals surface area contributed by atoms with Crippen molar-refractivity contribution in [3.8, 4) is 23.4 Å². The maximum absolute atomic E-state index is 9.64. The predicted octanol–water partition coefficient (Wildman–Crippen LogP) is 11.5. The van der Waals surface area contributed by atoms with Crippen LogP contribution in [0.4, 0.5) is 0 Å². The van der Waals surface area contributed by atoms with E-state index in [1.165, 1.54) is 6.33 Å². The van der Waals surface area contributed by atoms with E-state index in [0.717, 1.165) is 32.8 Å². The van der Waals surface area contributed by atoms with E-state index < -0.39 is 46.7 Å². The molecule has 0 saturated carbocycles. The van der Waals surface area contributed by atoms with E-state index in [-0.39, 0.29) is 38.3 Å². The summed E-state index contributed by atoms with van der Waals surface area (Å²) in [5.41, 5.74) is 3.40. The summed E-state index contributed by atoms with van der Waals surface area (Å²) in [4.78, 5) is 14.1. The van der Waals surface area contributed by atoms with Crippen molar-refractivity contribution in [1.82, 2.24) is 24.2 Å². The molecule has 1 unspecified atom stereocenters. The first-order valence-electron chi connectivity index (χ1n) is 23.3. The highest BCUT2D eigenvalue weighted by Crippen LogP contribution is 2.52. The van der Waals surface area contributed by atoms with Gasteiger partial charge in [-0.05, 0) is 86.3 Å². The Kier molecular flexibility index (Phi) is 18.0. The van der Waals surface area contributed by atoms with Crippen molar-refractivity contribution in [2.24, 2.45) is 0 Å². The van der Waals surface area contributed by atoms with Crippen LogP contribution in [0, 0.1) is 11.3 Å². The third-order valence-electron chi connectivity index (χ3n) is 11.9. The summed E-state index contributed by atoms with van der Waals surface area (Å²) in [5, 5.41) is 9.64. The summed E-state index contributed by atoms with van der Waals surface area (Å²) in [6.45, 7) is 16.3. The van der Waals surface area contributed by atoms with Gasteiger partial charge in [-0.15, -0.1) is 0 Å². The molecule has 0 bridgehead atoms. The molecule has 0 aliphatic carbocycles. The van der Waals surface area contributed by atoms with E-state index >= 15 is 0 Å². The van der Waals surface area contributed by atoms with Crippen molar-refractivity contribution in [1.29, 1.82) is 5.26 Å². The molecule has 69 heavy (non-hydrogen) atoms. The molecule has 1 fully saturated rings. The van der Waals surface area contributed by atoms with Crippen LogP contribution in [0.1, 0.15) is 62.6 Å². The third-order valence-corrected chi connectivity index (χ3v) is 16.5. The molecular weight excluding hydrogens is 976 g/mol. The normalized spacial score (nSPS) is 18.0. The maximum Gasteiger partial charge on any atom is 0.259 e. The second-order valence-corrected chi connectivity index (χ2v) is 26.4. The fourth-order valence-electron chi connectivity index (χ4n) is 8.43. The fourth-order valence-corrected chi connectivity index (χ4v) is 11.3. The van der Waals surface area contributed by atoms with Gasteiger partial charge in [0.25, 0.3) is 8.53 Å². The molecule has 4 aromatic carbocycles. The molecule has 366 valence electrons. The van der Waals surface area contributed by atoms with Crippen LogP contribution in [0.2, 0.25) is 25.7 Å². The minimum atomic E-state index is -1.80. The van der Waals surface area contributed by atoms with Crippen molar-refractivity contribution in [2.45, 2.75) is 109 Å². The van der Waals surface area contributed by atoms with Gasteiger partial charge in [0.05, 0.1) is 59.5 Å². The van der Waals surface area contributed by atoms with Crippen LogP contribution >= 0.6 is 24.5 Å². The number of hydrogen-bond donors (Lipinski definition) is 0. The lowest BCUT2D eigenvalue weighted by Crippen LogP contribution is -2.43. The van der Waals surface area contributed by atoms with Crippen LogP contribution in [0.5, 0.6) is 17.4 Å². The van der Waals surface area contributed by atoms with Crippen molar-refractivity contribution >= 4 is 43.7 Å². The van der Waals surface area contributed by atoms with E-state index in [2.05, 4.69) is 91.1 Å². The van der Waals surface area contributed by atoms with Gasteiger partial charge < -0.3 is 37.5 Å². The average molecular weight is 1040 g/mol. The van der Waals surface area contributed by atoms with Crippen LogP contribution < -0.4 is 14.2 Å². The van der Waals surface area contributed by atoms with Crippen molar-refractivity contribution in [3.63, 3.8) is 0 Å². The monoisotopic (exact) mass is 1040 g/mol. The number of hydrogen-bond acceptors (Lipinski definition) is 13. The molecule has 17 heteroatoms. The topological polar surface area (TPSA) is 144 Å². The van der Waals surface area contributed by atoms with Gasteiger partial charge >= 0.3 is 0 Å². The maximum atomic E-state index is 9.64. The molecule has 1 aliphatic rings. The average Bonchev–Trinajstić information content (AvgIpc) is 3.92. The molecule has 0 N–H and O–H groups in total. The molecule has 7 rings (SSSR count). The predicted molar refractivity (Wildman–Crippen MR) is 274 cm³/mol. The lowest BCUT2D eigenvalue weighted by Gasteiger charge is -2.39. The van der Waals surface area contributed by atoms with Gasteiger partial charge in [0.2, 0.25) is 5.88 Å². The van der Waals surface area contributed by atoms with E-state index in [0.29, 0.717) is 35.1 Å². The Bertz CT molecular complexity index is 2540. The quantitative estimate of drug-likeness (QED) is 0.0246. The molecule has 1 aliphatic heterocycles. The van der Waals surface area contributed by atoms with Gasteiger partial charge in [0.1, 0.15) is 41.7 Å². The molecule has 1 saturated heterocycles. The van der Waals surface area contributed by atoms with Crippen molar-refractivity contribution < 1.29 is 37.5 Å². The highest BCUT2D eigenvalue weighted by atomic mass is 79.9. The van der Waals surface area contributed by atoms with E-state index in [1.807, 2.05) is 95.6 Å². The fraction of sp³-hybridized carbons (Fsp3) is 0.423. The van der Waals surface area contributed by atoms with Gasteiger partial charge in [-0.2, -0.15) is 10.2 Å². The summed E-state index contributed by atoms with van der Waals surface area (Å²) in [6.07, 6.45) is 0.179. The van der Waals surface area contributed by atoms with Crippen LogP contribution in [-0.2, 0) is 35.5 Å². The zero-order chi connectivity index (χ0) is 49.1. The highest BCUT2D eigenvalue weighted by molar-refractivity contribution is 9.10. The number of fused-ring (bicyclic) bond motifs is 1. The second-order valence-electron chi connectivity index (χ2n) is 18.5. The molecule has 2 aromatic heterocycles. The smallest absolute Gasteiger partial charge is 0.259 e. The first kappa shape index (κ1) is 52.0. The van der Waals surface area contributed by atoms with Gasteiger partial charge in [-0.25, -0.2) is 14.6 Å². The highest BCUT2D eigenvalue weighted by Gasteiger charge is 2.52. The third kappa shape index (κ3) is 12.4. The summed E-state index contributed by atoms with van der Waals surface area (Å²) in [7, 11) is 0.0988. The minimum absolute atomic E-state index is 0.0143.